The largest absolute Gasteiger partial charge is 0.466 e. The summed E-state index contributed by atoms with van der Waals surface area (Å²) in [5.74, 6) is 0.600. The average Bonchev–Trinajstić information content (AvgIpc) is 2.88. The predicted molar refractivity (Wildman–Crippen MR) is 146 cm³/mol. The minimum absolute atomic E-state index is 0.124. The predicted octanol–water partition coefficient (Wildman–Crippen LogP) is 6.33. The molecule has 184 valence electrons. The van der Waals surface area contributed by atoms with E-state index in [2.05, 4.69) is 42.5 Å². The third-order valence-corrected chi connectivity index (χ3v) is 6.46. The lowest BCUT2D eigenvalue weighted by atomic mass is 9.99. The summed E-state index contributed by atoms with van der Waals surface area (Å²) in [7, 11) is 4.02. The van der Waals surface area contributed by atoms with E-state index in [-0.39, 0.29) is 5.97 Å². The Balaban J connectivity index is 1.57. The number of hydrogen-bond donors (Lipinski definition) is 0. The van der Waals surface area contributed by atoms with Gasteiger partial charge in [0.15, 0.2) is 11.3 Å². The van der Waals surface area contributed by atoms with Crippen molar-refractivity contribution in [1.29, 1.82) is 0 Å². The van der Waals surface area contributed by atoms with Crippen molar-refractivity contribution < 1.29 is 13.9 Å². The minimum atomic E-state index is -0.124. The van der Waals surface area contributed by atoms with Crippen molar-refractivity contribution in [2.75, 3.05) is 32.1 Å². The van der Waals surface area contributed by atoms with E-state index >= 15 is 0 Å². The Kier molecular flexibility index (Phi) is 6.85. The Labute approximate surface area is 210 Å². The monoisotopic (exact) mass is 481 g/mol. The number of esters is 1. The van der Waals surface area contributed by atoms with E-state index in [9.17, 15) is 4.79 Å². The fourth-order valence-corrected chi connectivity index (χ4v) is 4.56. The first kappa shape index (κ1) is 23.8. The summed E-state index contributed by atoms with van der Waals surface area (Å²) in [5.41, 5.74) is 3.48. The fourth-order valence-electron chi connectivity index (χ4n) is 4.56. The summed E-state index contributed by atoms with van der Waals surface area (Å²) in [6, 6.07) is 20.8. The first-order valence-corrected chi connectivity index (χ1v) is 12.6. The molecule has 0 atom stereocenters. The van der Waals surface area contributed by atoms with E-state index < -0.39 is 0 Å². The number of ether oxygens (including phenoxy) is 1. The van der Waals surface area contributed by atoms with Crippen LogP contribution in [0, 0.1) is 0 Å². The molecule has 6 heteroatoms. The highest BCUT2D eigenvalue weighted by Gasteiger charge is 2.16. The second-order valence-corrected chi connectivity index (χ2v) is 9.25. The number of carbonyl (C=O) groups is 1. The van der Waals surface area contributed by atoms with Crippen molar-refractivity contribution in [3.63, 3.8) is 0 Å². The highest BCUT2D eigenvalue weighted by molar-refractivity contribution is 6.04. The number of benzene rings is 4. The molecule has 3 aromatic carbocycles. The van der Waals surface area contributed by atoms with Crippen LogP contribution in [0.3, 0.4) is 0 Å². The number of unbranched alkanes of at least 4 members (excludes halogenated alkanes) is 2. The van der Waals surface area contributed by atoms with E-state index in [1.165, 1.54) is 5.39 Å². The number of aromatic nitrogens is 1. The molecule has 0 amide bonds. The van der Waals surface area contributed by atoms with Crippen molar-refractivity contribution in [2.45, 2.75) is 32.6 Å². The van der Waals surface area contributed by atoms with Crippen LogP contribution in [0.5, 0.6) is 0 Å². The summed E-state index contributed by atoms with van der Waals surface area (Å²) in [4.78, 5) is 23.6. The van der Waals surface area contributed by atoms with Gasteiger partial charge in [0.25, 0.3) is 0 Å². The number of fused-ring (bicyclic) bond motifs is 5. The van der Waals surface area contributed by atoms with Gasteiger partial charge < -0.3 is 14.1 Å². The van der Waals surface area contributed by atoms with Crippen LogP contribution in [-0.2, 0) is 9.53 Å². The van der Waals surface area contributed by atoms with Crippen molar-refractivity contribution in [3.05, 3.63) is 66.0 Å². The van der Waals surface area contributed by atoms with Gasteiger partial charge in [-0.05, 0) is 54.8 Å². The first-order valence-electron chi connectivity index (χ1n) is 12.6. The summed E-state index contributed by atoms with van der Waals surface area (Å²) in [6.07, 6.45) is 3.12. The third-order valence-electron chi connectivity index (χ3n) is 6.46. The topological polar surface area (TPSA) is 67.9 Å². The van der Waals surface area contributed by atoms with Gasteiger partial charge in [-0.1, -0.05) is 30.7 Å². The Hall–Kier alpha value is -3.93. The van der Waals surface area contributed by atoms with Crippen LogP contribution in [0.25, 0.3) is 44.1 Å². The molecule has 0 fully saturated rings. The number of anilines is 1. The van der Waals surface area contributed by atoms with E-state index in [1.54, 1.807) is 0 Å². The van der Waals surface area contributed by atoms with Crippen LogP contribution in [0.2, 0.25) is 0 Å². The highest BCUT2D eigenvalue weighted by atomic mass is 16.5. The van der Waals surface area contributed by atoms with Gasteiger partial charge in [0, 0.05) is 55.7 Å². The van der Waals surface area contributed by atoms with Gasteiger partial charge in [0.1, 0.15) is 11.2 Å². The SMILES string of the molecule is CCOC(=O)CCCCCN=c1cc2oc3cc(N(C)C)ccc3nc-2c2cc3ccccc3cc12. The maximum absolute atomic E-state index is 11.6. The Morgan fingerprint density at radius 2 is 1.75 bits per heavy atom. The van der Waals surface area contributed by atoms with Crippen LogP contribution >= 0.6 is 0 Å². The molecule has 0 aromatic heterocycles. The van der Waals surface area contributed by atoms with Crippen LogP contribution in [0.1, 0.15) is 32.6 Å². The second-order valence-electron chi connectivity index (χ2n) is 9.25. The normalized spacial score (nSPS) is 12.1. The smallest absolute Gasteiger partial charge is 0.305 e. The van der Waals surface area contributed by atoms with Crippen molar-refractivity contribution in [1.82, 2.24) is 4.98 Å². The zero-order valence-corrected chi connectivity index (χ0v) is 21.1. The molecule has 1 aliphatic carbocycles. The summed E-state index contributed by atoms with van der Waals surface area (Å²) in [5, 5.41) is 5.34. The quantitative estimate of drug-likeness (QED) is 0.112. The van der Waals surface area contributed by atoms with Gasteiger partial charge >= 0.3 is 5.97 Å². The van der Waals surface area contributed by atoms with Crippen LogP contribution < -0.4 is 10.3 Å². The zero-order chi connectivity index (χ0) is 25.1. The van der Waals surface area contributed by atoms with Crippen molar-refractivity contribution in [3.8, 4) is 11.5 Å². The lowest BCUT2D eigenvalue weighted by Gasteiger charge is -2.15. The first-order chi connectivity index (χ1) is 17.5. The lowest BCUT2D eigenvalue weighted by molar-refractivity contribution is -0.143. The molecule has 0 spiro atoms. The molecule has 6 nitrogen and oxygen atoms in total. The zero-order valence-electron chi connectivity index (χ0n) is 21.1. The van der Waals surface area contributed by atoms with E-state index in [4.69, 9.17) is 19.1 Å². The molecule has 2 aliphatic rings. The van der Waals surface area contributed by atoms with Gasteiger partial charge in [0.2, 0.25) is 0 Å². The molecule has 0 unspecified atom stereocenters. The van der Waals surface area contributed by atoms with Gasteiger partial charge in [-0.3, -0.25) is 9.79 Å². The molecule has 36 heavy (non-hydrogen) atoms. The number of rotatable bonds is 8. The summed E-state index contributed by atoms with van der Waals surface area (Å²) < 4.78 is 11.4. The number of nitrogens with zero attached hydrogens (tertiary/aromatic N) is 3. The molecule has 5 rings (SSSR count). The van der Waals surface area contributed by atoms with E-state index in [0.717, 1.165) is 69.0 Å². The van der Waals surface area contributed by atoms with Gasteiger partial charge in [-0.15, -0.1) is 0 Å². The van der Waals surface area contributed by atoms with Crippen LogP contribution in [0.15, 0.2) is 70.1 Å². The van der Waals surface area contributed by atoms with E-state index in [0.29, 0.717) is 19.6 Å². The molecule has 1 heterocycles. The molecule has 1 aliphatic heterocycles. The molecule has 0 radical (unpaired) electrons. The average molecular weight is 482 g/mol. The standard InChI is InChI=1S/C30H31N3O3/c1-4-35-29(34)12-6-5-9-15-31-26-19-28-30(24-17-21-11-8-7-10-20(21)16-23(24)26)32-25-14-13-22(33(2)3)18-27(25)36-28/h7-8,10-11,13-14,16-19H,4-6,9,12,15H2,1-3H3. The Morgan fingerprint density at radius 3 is 2.50 bits per heavy atom. The van der Waals surface area contributed by atoms with Crippen molar-refractivity contribution in [2.24, 2.45) is 4.99 Å². The molecule has 3 aromatic rings. The van der Waals surface area contributed by atoms with Crippen molar-refractivity contribution >= 4 is 44.3 Å². The molecular formula is C30H31N3O3. The Morgan fingerprint density at radius 1 is 0.972 bits per heavy atom. The maximum atomic E-state index is 11.6. The van der Waals surface area contributed by atoms with Crippen LogP contribution in [0.4, 0.5) is 5.69 Å². The number of carbonyl (C=O) groups excluding carboxylic acids is 1. The number of hydrogen-bond acceptors (Lipinski definition) is 6. The van der Waals surface area contributed by atoms with Gasteiger partial charge in [-0.25, -0.2) is 4.98 Å². The second kappa shape index (κ2) is 10.4. The minimum Gasteiger partial charge on any atom is -0.466 e. The molecule has 0 bridgehead atoms. The Bertz CT molecular complexity index is 1590. The van der Waals surface area contributed by atoms with E-state index in [1.807, 2.05) is 44.1 Å². The summed E-state index contributed by atoms with van der Waals surface area (Å²) in [6.45, 7) is 2.95. The molecule has 0 saturated heterocycles. The lowest BCUT2D eigenvalue weighted by Crippen LogP contribution is -2.09. The fraction of sp³-hybridized carbons (Fsp3) is 0.300. The van der Waals surface area contributed by atoms with Gasteiger partial charge in [0.05, 0.1) is 12.0 Å². The van der Waals surface area contributed by atoms with Crippen LogP contribution in [-0.4, -0.2) is 38.2 Å². The third kappa shape index (κ3) is 4.89. The van der Waals surface area contributed by atoms with Gasteiger partial charge in [-0.2, -0.15) is 0 Å². The summed E-state index contributed by atoms with van der Waals surface area (Å²) >= 11 is 0. The molecule has 0 saturated carbocycles. The molecule has 0 N–H and O–H groups in total. The molecular weight excluding hydrogens is 450 g/mol. The maximum Gasteiger partial charge on any atom is 0.305 e. The highest BCUT2D eigenvalue weighted by Crippen LogP contribution is 2.33.